The Bertz CT molecular complexity index is 300. The van der Waals surface area contributed by atoms with Gasteiger partial charge in [0.1, 0.15) is 0 Å². The van der Waals surface area contributed by atoms with Gasteiger partial charge in [-0.2, -0.15) is 11.8 Å². The monoisotopic (exact) mass is 257 g/mol. The van der Waals surface area contributed by atoms with Crippen LogP contribution in [0, 0.1) is 0 Å². The summed E-state index contributed by atoms with van der Waals surface area (Å²) in [7, 11) is 1.44. The van der Waals surface area contributed by atoms with Crippen LogP contribution in [0.4, 0.5) is 0 Å². The number of nitrogens with zero attached hydrogens (tertiary/aromatic N) is 1. The first kappa shape index (κ1) is 14.6. The number of hydrogen-bond acceptors (Lipinski definition) is 4. The van der Waals surface area contributed by atoms with E-state index in [0.29, 0.717) is 4.75 Å². The number of hydrogen-bond donors (Lipinski definition) is 0. The zero-order chi connectivity index (χ0) is 12.9. The lowest BCUT2D eigenvalue weighted by Gasteiger charge is -2.37. The zero-order valence-corrected chi connectivity index (χ0v) is 12.1. The summed E-state index contributed by atoms with van der Waals surface area (Å²) < 4.78 is 5.08. The summed E-state index contributed by atoms with van der Waals surface area (Å²) in [6.45, 7) is 9.55. The third-order valence-corrected chi connectivity index (χ3v) is 4.23. The lowest BCUT2D eigenvalue weighted by molar-refractivity contribution is -0.136. The average Bonchev–Trinajstić information content (AvgIpc) is 2.28. The van der Waals surface area contributed by atoms with Crippen molar-refractivity contribution in [3.63, 3.8) is 0 Å². The number of methoxy groups -OCH3 is 1. The average molecular weight is 257 g/mol. The molecule has 1 aliphatic rings. The maximum atomic E-state index is 11.4. The van der Waals surface area contributed by atoms with Crippen LogP contribution in [-0.2, 0) is 9.53 Å². The first-order valence-corrected chi connectivity index (χ1v) is 7.10. The van der Waals surface area contributed by atoms with Crippen molar-refractivity contribution in [2.45, 2.75) is 31.9 Å². The molecular weight excluding hydrogens is 234 g/mol. The fraction of sp³-hybridized carbons (Fsp3) is 0.769. The van der Waals surface area contributed by atoms with Gasteiger partial charge in [0.25, 0.3) is 0 Å². The van der Waals surface area contributed by atoms with Crippen molar-refractivity contribution in [3.05, 3.63) is 11.6 Å². The zero-order valence-electron chi connectivity index (χ0n) is 11.3. The van der Waals surface area contributed by atoms with E-state index in [-0.39, 0.29) is 5.97 Å². The van der Waals surface area contributed by atoms with Gasteiger partial charge in [-0.15, -0.1) is 0 Å². The highest BCUT2D eigenvalue weighted by atomic mass is 32.2. The highest BCUT2D eigenvalue weighted by Gasteiger charge is 2.26. The molecule has 0 aromatic rings. The van der Waals surface area contributed by atoms with Gasteiger partial charge in [0, 0.05) is 35.7 Å². The standard InChI is InChI=1S/C13H23NO2S/c1-5-11(12(15)16-4)6-7-14-8-9-17-13(2,3)10-14/h6H,5,7-10H2,1-4H3. The summed E-state index contributed by atoms with van der Waals surface area (Å²) in [6, 6.07) is 0. The molecule has 0 N–H and O–H groups in total. The quantitative estimate of drug-likeness (QED) is 0.571. The van der Waals surface area contributed by atoms with E-state index in [1.807, 2.05) is 24.8 Å². The van der Waals surface area contributed by atoms with Crippen molar-refractivity contribution in [3.8, 4) is 0 Å². The van der Waals surface area contributed by atoms with Crippen LogP contribution in [-0.4, -0.2) is 48.1 Å². The summed E-state index contributed by atoms with van der Waals surface area (Å²) in [4.78, 5) is 13.8. The number of thioether (sulfide) groups is 1. The molecule has 3 nitrogen and oxygen atoms in total. The Morgan fingerprint density at radius 3 is 2.76 bits per heavy atom. The van der Waals surface area contributed by atoms with E-state index in [1.165, 1.54) is 12.9 Å². The molecule has 0 radical (unpaired) electrons. The van der Waals surface area contributed by atoms with Crippen molar-refractivity contribution < 1.29 is 9.53 Å². The van der Waals surface area contributed by atoms with E-state index in [1.54, 1.807) is 0 Å². The van der Waals surface area contributed by atoms with Crippen molar-refractivity contribution in [2.75, 3.05) is 32.5 Å². The molecule has 17 heavy (non-hydrogen) atoms. The summed E-state index contributed by atoms with van der Waals surface area (Å²) in [5, 5.41) is 0. The second-order valence-corrected chi connectivity index (χ2v) is 6.72. The van der Waals surface area contributed by atoms with Gasteiger partial charge in [-0.1, -0.05) is 13.0 Å². The van der Waals surface area contributed by atoms with E-state index in [2.05, 4.69) is 18.7 Å². The molecule has 0 spiro atoms. The number of carbonyl (C=O) groups excluding carboxylic acids is 1. The SMILES string of the molecule is CCC(=CCN1CCSC(C)(C)C1)C(=O)OC. The minimum absolute atomic E-state index is 0.196. The van der Waals surface area contributed by atoms with Gasteiger partial charge in [0.05, 0.1) is 7.11 Å². The third-order valence-electron chi connectivity index (χ3n) is 2.93. The molecule has 1 aliphatic heterocycles. The lowest BCUT2D eigenvalue weighted by atomic mass is 10.1. The van der Waals surface area contributed by atoms with Crippen molar-refractivity contribution in [1.29, 1.82) is 0 Å². The Hall–Kier alpha value is -0.480. The molecule has 0 saturated carbocycles. The van der Waals surface area contributed by atoms with Crippen LogP contribution < -0.4 is 0 Å². The van der Waals surface area contributed by atoms with Gasteiger partial charge in [-0.25, -0.2) is 4.79 Å². The summed E-state index contributed by atoms with van der Waals surface area (Å²) >= 11 is 2.02. The minimum Gasteiger partial charge on any atom is -0.466 e. The van der Waals surface area contributed by atoms with Crippen molar-refractivity contribution >= 4 is 17.7 Å². The van der Waals surface area contributed by atoms with Gasteiger partial charge in [0.15, 0.2) is 0 Å². The molecule has 1 rings (SSSR count). The van der Waals surface area contributed by atoms with Gasteiger partial charge in [0.2, 0.25) is 0 Å². The Balaban J connectivity index is 2.53. The largest absolute Gasteiger partial charge is 0.466 e. The van der Waals surface area contributed by atoms with Crippen LogP contribution in [0.25, 0.3) is 0 Å². The van der Waals surface area contributed by atoms with Crippen molar-refractivity contribution in [1.82, 2.24) is 4.90 Å². The summed E-state index contributed by atoms with van der Waals surface area (Å²) in [5.74, 6) is 0.971. The molecule has 0 unspecified atom stereocenters. The lowest BCUT2D eigenvalue weighted by Crippen LogP contribution is -2.43. The maximum absolute atomic E-state index is 11.4. The predicted molar refractivity (Wildman–Crippen MR) is 73.4 cm³/mol. The van der Waals surface area contributed by atoms with E-state index in [4.69, 9.17) is 4.74 Å². The third kappa shape index (κ3) is 4.72. The highest BCUT2D eigenvalue weighted by Crippen LogP contribution is 2.29. The van der Waals surface area contributed by atoms with E-state index in [0.717, 1.165) is 31.6 Å². The molecule has 0 aromatic heterocycles. The topological polar surface area (TPSA) is 29.5 Å². The van der Waals surface area contributed by atoms with E-state index in [9.17, 15) is 4.79 Å². The van der Waals surface area contributed by atoms with Crippen LogP contribution in [0.5, 0.6) is 0 Å². The molecule has 4 heteroatoms. The van der Waals surface area contributed by atoms with Crippen molar-refractivity contribution in [2.24, 2.45) is 0 Å². The number of carbonyl (C=O) groups is 1. The Morgan fingerprint density at radius 1 is 1.53 bits per heavy atom. The fourth-order valence-corrected chi connectivity index (χ4v) is 3.19. The number of ether oxygens (including phenoxy) is 1. The van der Waals surface area contributed by atoms with Crippen LogP contribution in [0.15, 0.2) is 11.6 Å². The van der Waals surface area contributed by atoms with Gasteiger partial charge in [-0.05, 0) is 20.3 Å². The number of rotatable bonds is 4. The molecule has 0 aliphatic carbocycles. The van der Waals surface area contributed by atoms with E-state index >= 15 is 0 Å². The minimum atomic E-state index is -0.196. The van der Waals surface area contributed by atoms with E-state index < -0.39 is 0 Å². The first-order chi connectivity index (χ1) is 7.98. The van der Waals surface area contributed by atoms with Gasteiger partial charge < -0.3 is 4.74 Å². The van der Waals surface area contributed by atoms with Crippen LogP contribution in [0.2, 0.25) is 0 Å². The molecule has 1 saturated heterocycles. The van der Waals surface area contributed by atoms with Gasteiger partial charge in [-0.3, -0.25) is 4.90 Å². The molecule has 1 fully saturated rings. The second-order valence-electron chi connectivity index (χ2n) is 4.92. The second kappa shape index (κ2) is 6.45. The maximum Gasteiger partial charge on any atom is 0.333 e. The number of esters is 1. The predicted octanol–water partition coefficient (Wildman–Crippen LogP) is 2.32. The first-order valence-electron chi connectivity index (χ1n) is 6.12. The van der Waals surface area contributed by atoms with Crippen LogP contribution in [0.3, 0.4) is 0 Å². The molecule has 0 aromatic carbocycles. The molecular formula is C13H23NO2S. The Labute approximate surface area is 109 Å². The Morgan fingerprint density at radius 2 is 2.24 bits per heavy atom. The van der Waals surface area contributed by atoms with Crippen LogP contribution >= 0.6 is 11.8 Å². The normalized spacial score (nSPS) is 21.3. The molecule has 0 amide bonds. The van der Waals surface area contributed by atoms with Crippen LogP contribution in [0.1, 0.15) is 27.2 Å². The smallest absolute Gasteiger partial charge is 0.333 e. The fourth-order valence-electron chi connectivity index (χ4n) is 2.01. The summed E-state index contributed by atoms with van der Waals surface area (Å²) in [5.41, 5.74) is 0.781. The molecule has 98 valence electrons. The molecule has 0 atom stereocenters. The Kier molecular flexibility index (Phi) is 5.53. The highest BCUT2D eigenvalue weighted by molar-refractivity contribution is 8.00. The summed E-state index contributed by atoms with van der Waals surface area (Å²) in [6.07, 6.45) is 2.75. The van der Waals surface area contributed by atoms with Gasteiger partial charge >= 0.3 is 5.97 Å². The molecule has 0 bridgehead atoms. The molecule has 1 heterocycles.